The Morgan fingerprint density at radius 1 is 1.48 bits per heavy atom. The number of rotatable bonds is 5. The fraction of sp³-hybridized carbons (Fsp3) is 0.688. The first-order valence-corrected chi connectivity index (χ1v) is 7.68. The van der Waals surface area contributed by atoms with Gasteiger partial charge in [-0.15, -0.1) is 24.0 Å². The molecular formula is C16H26IN3O. The summed E-state index contributed by atoms with van der Waals surface area (Å²) in [6.45, 7) is 1.83. The van der Waals surface area contributed by atoms with E-state index in [0.717, 1.165) is 30.7 Å². The Morgan fingerprint density at radius 2 is 2.24 bits per heavy atom. The molecule has 0 saturated heterocycles. The van der Waals surface area contributed by atoms with Gasteiger partial charge in [0.05, 0.1) is 12.8 Å². The van der Waals surface area contributed by atoms with Crippen LogP contribution in [0.2, 0.25) is 0 Å². The summed E-state index contributed by atoms with van der Waals surface area (Å²) in [6, 6.07) is 3.93. The zero-order valence-corrected chi connectivity index (χ0v) is 15.3. The summed E-state index contributed by atoms with van der Waals surface area (Å²) in [5.41, 5.74) is 0.571. The zero-order valence-electron chi connectivity index (χ0n) is 13.0. The first kappa shape index (κ1) is 16.6. The summed E-state index contributed by atoms with van der Waals surface area (Å²) in [5.74, 6) is 2.90. The van der Waals surface area contributed by atoms with Gasteiger partial charge >= 0.3 is 0 Å². The van der Waals surface area contributed by atoms with Crippen molar-refractivity contribution in [2.24, 2.45) is 16.3 Å². The van der Waals surface area contributed by atoms with Crippen LogP contribution in [0.4, 0.5) is 0 Å². The molecule has 2 saturated carbocycles. The second-order valence-electron chi connectivity index (χ2n) is 6.33. The predicted molar refractivity (Wildman–Crippen MR) is 96.0 cm³/mol. The smallest absolute Gasteiger partial charge is 0.193 e. The molecule has 1 N–H and O–H groups in total. The molecule has 5 heteroatoms. The maximum atomic E-state index is 5.40. The van der Waals surface area contributed by atoms with Crippen LogP contribution in [0.3, 0.4) is 0 Å². The second kappa shape index (κ2) is 7.03. The van der Waals surface area contributed by atoms with Crippen LogP contribution in [-0.4, -0.2) is 31.5 Å². The number of nitrogens with zero attached hydrogens (tertiary/aromatic N) is 2. The van der Waals surface area contributed by atoms with E-state index in [1.807, 2.05) is 19.2 Å². The first-order valence-electron chi connectivity index (χ1n) is 7.68. The van der Waals surface area contributed by atoms with Crippen molar-refractivity contribution in [3.05, 3.63) is 24.2 Å². The molecule has 0 atom stereocenters. The third-order valence-corrected chi connectivity index (χ3v) is 4.94. The highest BCUT2D eigenvalue weighted by Crippen LogP contribution is 2.56. The third kappa shape index (κ3) is 3.73. The molecule has 0 amide bonds. The van der Waals surface area contributed by atoms with Gasteiger partial charge in [0.15, 0.2) is 5.96 Å². The van der Waals surface area contributed by atoms with E-state index in [4.69, 9.17) is 4.42 Å². The van der Waals surface area contributed by atoms with Gasteiger partial charge in [0.25, 0.3) is 0 Å². The SMILES string of the molecule is CN=C(NCC1(C2CC2)CCC1)N(C)Cc1ccco1.I. The predicted octanol–water partition coefficient (Wildman–Crippen LogP) is 3.49. The van der Waals surface area contributed by atoms with E-state index in [-0.39, 0.29) is 24.0 Å². The Bertz CT molecular complexity index is 464. The highest BCUT2D eigenvalue weighted by Gasteiger charge is 2.48. The summed E-state index contributed by atoms with van der Waals surface area (Å²) in [7, 11) is 3.91. The van der Waals surface area contributed by atoms with Crippen molar-refractivity contribution in [3.8, 4) is 0 Å². The molecule has 0 radical (unpaired) electrons. The molecule has 0 bridgehead atoms. The first-order chi connectivity index (χ1) is 9.73. The highest BCUT2D eigenvalue weighted by molar-refractivity contribution is 14.0. The lowest BCUT2D eigenvalue weighted by Gasteiger charge is -2.43. The average molecular weight is 403 g/mol. The quantitative estimate of drug-likeness (QED) is 0.465. The van der Waals surface area contributed by atoms with Crippen LogP contribution in [0, 0.1) is 11.3 Å². The van der Waals surface area contributed by atoms with Gasteiger partial charge in [-0.2, -0.15) is 0 Å². The van der Waals surface area contributed by atoms with E-state index >= 15 is 0 Å². The molecule has 1 aromatic heterocycles. The van der Waals surface area contributed by atoms with Crippen molar-refractivity contribution >= 4 is 29.9 Å². The van der Waals surface area contributed by atoms with E-state index in [0.29, 0.717) is 5.41 Å². The third-order valence-electron chi connectivity index (χ3n) is 4.94. The van der Waals surface area contributed by atoms with Crippen molar-refractivity contribution in [1.29, 1.82) is 0 Å². The van der Waals surface area contributed by atoms with Crippen molar-refractivity contribution in [3.63, 3.8) is 0 Å². The molecule has 0 aromatic carbocycles. The summed E-state index contributed by atoms with van der Waals surface area (Å²) >= 11 is 0. The fourth-order valence-electron chi connectivity index (χ4n) is 3.41. The minimum atomic E-state index is 0. The van der Waals surface area contributed by atoms with Gasteiger partial charge < -0.3 is 14.6 Å². The Labute approximate surface area is 144 Å². The molecule has 0 unspecified atom stereocenters. The molecule has 2 fully saturated rings. The van der Waals surface area contributed by atoms with Crippen LogP contribution in [0.25, 0.3) is 0 Å². The van der Waals surface area contributed by atoms with Gasteiger partial charge in [-0.05, 0) is 49.1 Å². The molecule has 1 heterocycles. The summed E-state index contributed by atoms with van der Waals surface area (Å²) in [4.78, 5) is 6.52. The summed E-state index contributed by atoms with van der Waals surface area (Å²) < 4.78 is 5.40. The minimum Gasteiger partial charge on any atom is -0.467 e. The molecule has 21 heavy (non-hydrogen) atoms. The Balaban J connectivity index is 0.00000161. The van der Waals surface area contributed by atoms with Gasteiger partial charge in [-0.25, -0.2) is 0 Å². The number of nitrogens with one attached hydrogen (secondary N) is 1. The summed E-state index contributed by atoms with van der Waals surface area (Å²) in [5, 5.41) is 3.58. The van der Waals surface area contributed by atoms with Crippen LogP contribution in [-0.2, 0) is 6.54 Å². The monoisotopic (exact) mass is 403 g/mol. The molecule has 3 rings (SSSR count). The Kier molecular flexibility index (Phi) is 5.57. The van der Waals surface area contributed by atoms with Crippen LogP contribution < -0.4 is 5.32 Å². The molecule has 0 aliphatic heterocycles. The standard InChI is InChI=1S/C16H25N3O.HI/c1-17-15(19(2)11-14-5-3-10-20-14)18-12-16(8-4-9-16)13-6-7-13;/h3,5,10,13H,4,6-9,11-12H2,1-2H3,(H,17,18);1H. The topological polar surface area (TPSA) is 40.8 Å². The van der Waals surface area contributed by atoms with Gasteiger partial charge in [0.2, 0.25) is 0 Å². The largest absolute Gasteiger partial charge is 0.467 e. The summed E-state index contributed by atoms with van der Waals surface area (Å²) in [6.07, 6.45) is 8.77. The maximum absolute atomic E-state index is 5.40. The van der Waals surface area contributed by atoms with Gasteiger partial charge in [-0.3, -0.25) is 4.99 Å². The van der Waals surface area contributed by atoms with Gasteiger partial charge in [0.1, 0.15) is 5.76 Å². The normalized spacial score (nSPS) is 20.4. The van der Waals surface area contributed by atoms with E-state index < -0.39 is 0 Å². The van der Waals surface area contributed by atoms with Crippen molar-refractivity contribution < 1.29 is 4.42 Å². The Hall–Kier alpha value is -0.720. The van der Waals surface area contributed by atoms with E-state index in [2.05, 4.69) is 22.3 Å². The van der Waals surface area contributed by atoms with E-state index in [1.165, 1.54) is 32.1 Å². The molecular weight excluding hydrogens is 377 g/mol. The van der Waals surface area contributed by atoms with E-state index in [9.17, 15) is 0 Å². The van der Waals surface area contributed by atoms with Crippen molar-refractivity contribution in [1.82, 2.24) is 10.2 Å². The molecule has 4 nitrogen and oxygen atoms in total. The number of furan rings is 1. The van der Waals surface area contributed by atoms with Crippen LogP contribution >= 0.6 is 24.0 Å². The maximum Gasteiger partial charge on any atom is 0.193 e. The number of hydrogen-bond acceptors (Lipinski definition) is 2. The number of halogens is 1. The second-order valence-corrected chi connectivity index (χ2v) is 6.33. The molecule has 118 valence electrons. The minimum absolute atomic E-state index is 0. The molecule has 2 aliphatic carbocycles. The number of aliphatic imine (C=N–C) groups is 1. The van der Waals surface area contributed by atoms with Crippen LogP contribution in [0.1, 0.15) is 37.9 Å². The lowest BCUT2D eigenvalue weighted by atomic mass is 9.65. The average Bonchev–Trinajstić information content (AvgIpc) is 3.11. The zero-order chi connectivity index (χ0) is 14.0. The van der Waals surface area contributed by atoms with Crippen molar-refractivity contribution in [2.75, 3.05) is 20.6 Å². The fourth-order valence-corrected chi connectivity index (χ4v) is 3.41. The van der Waals surface area contributed by atoms with E-state index in [1.54, 1.807) is 6.26 Å². The molecule has 1 aromatic rings. The van der Waals surface area contributed by atoms with Crippen molar-refractivity contribution in [2.45, 2.75) is 38.6 Å². The number of hydrogen-bond donors (Lipinski definition) is 1. The number of guanidine groups is 1. The lowest BCUT2D eigenvalue weighted by molar-refractivity contribution is 0.105. The van der Waals surface area contributed by atoms with Crippen LogP contribution in [0.5, 0.6) is 0 Å². The van der Waals surface area contributed by atoms with Crippen LogP contribution in [0.15, 0.2) is 27.8 Å². The molecule has 2 aliphatic rings. The lowest BCUT2D eigenvalue weighted by Crippen LogP contribution is -2.47. The van der Waals surface area contributed by atoms with Gasteiger partial charge in [-0.1, -0.05) is 6.42 Å². The highest BCUT2D eigenvalue weighted by atomic mass is 127. The van der Waals surface area contributed by atoms with Gasteiger partial charge in [0, 0.05) is 20.6 Å². The Morgan fingerprint density at radius 3 is 2.71 bits per heavy atom. The molecule has 0 spiro atoms.